The summed E-state index contributed by atoms with van der Waals surface area (Å²) < 4.78 is 0. The summed E-state index contributed by atoms with van der Waals surface area (Å²) in [6, 6.07) is -0.0494. The lowest BCUT2D eigenvalue weighted by molar-refractivity contribution is -0.140. The second-order valence-corrected chi connectivity index (χ2v) is 8.62. The zero-order chi connectivity index (χ0) is 17.6. The highest BCUT2D eigenvalue weighted by molar-refractivity contribution is 5.90. The van der Waals surface area contributed by atoms with E-state index in [1.54, 1.807) is 4.90 Å². The van der Waals surface area contributed by atoms with Crippen molar-refractivity contribution in [3.8, 4) is 0 Å². The van der Waals surface area contributed by atoms with Crippen LogP contribution < -0.4 is 10.6 Å². The van der Waals surface area contributed by atoms with Crippen molar-refractivity contribution >= 4 is 17.7 Å². The van der Waals surface area contributed by atoms with E-state index in [4.69, 9.17) is 0 Å². The summed E-state index contributed by atoms with van der Waals surface area (Å²) in [6.45, 7) is 1.99. The molecule has 1 atom stereocenters. The fraction of sp³-hybridized carbons (Fsp3) is 0.842. The lowest BCUT2D eigenvalue weighted by atomic mass is 9.54. The predicted octanol–water partition coefficient (Wildman–Crippen LogP) is 1.05. The first-order valence-electron chi connectivity index (χ1n) is 9.85. The molecule has 1 heterocycles. The zero-order valence-corrected chi connectivity index (χ0v) is 15.0. The summed E-state index contributed by atoms with van der Waals surface area (Å²) in [5.41, 5.74) is 0. The van der Waals surface area contributed by atoms with Crippen LogP contribution in [0.3, 0.4) is 0 Å². The first-order valence-corrected chi connectivity index (χ1v) is 9.85. The predicted molar refractivity (Wildman–Crippen MR) is 92.4 cm³/mol. The van der Waals surface area contributed by atoms with Crippen LogP contribution in [0.5, 0.6) is 0 Å². The van der Waals surface area contributed by atoms with Gasteiger partial charge in [0.1, 0.15) is 6.04 Å². The monoisotopic (exact) mass is 347 g/mol. The Morgan fingerprint density at radius 2 is 1.64 bits per heavy atom. The molecule has 6 nitrogen and oxygen atoms in total. The number of hydrogen-bond acceptors (Lipinski definition) is 3. The molecule has 138 valence electrons. The van der Waals surface area contributed by atoms with E-state index in [1.165, 1.54) is 39.0 Å². The van der Waals surface area contributed by atoms with E-state index in [0.29, 0.717) is 24.4 Å². The standard InChI is InChI=1S/C19H29N3O3/c1-11(23)20-10-17(24)22-4-2-3-16(22)19(25)21-18-14-6-12-5-13(8-14)9-15(18)7-12/h12-16,18H,2-10H2,1H3,(H,20,23)(H,21,25)/t12?,13?,14?,15?,16-,18?/m1/s1. The van der Waals surface area contributed by atoms with Crippen molar-refractivity contribution in [1.29, 1.82) is 0 Å². The molecule has 0 unspecified atom stereocenters. The maximum Gasteiger partial charge on any atom is 0.243 e. The minimum atomic E-state index is -0.363. The van der Waals surface area contributed by atoms with E-state index >= 15 is 0 Å². The van der Waals surface area contributed by atoms with E-state index in [0.717, 1.165) is 24.7 Å². The third kappa shape index (κ3) is 3.27. The molecule has 3 amide bonds. The smallest absolute Gasteiger partial charge is 0.243 e. The first-order chi connectivity index (χ1) is 12.0. The van der Waals surface area contributed by atoms with Crippen molar-refractivity contribution in [3.63, 3.8) is 0 Å². The molecule has 5 aliphatic rings. The lowest BCUT2D eigenvalue weighted by Gasteiger charge is -2.54. The van der Waals surface area contributed by atoms with E-state index in [-0.39, 0.29) is 30.3 Å². The van der Waals surface area contributed by atoms with Crippen LogP contribution in [0, 0.1) is 23.7 Å². The highest BCUT2D eigenvalue weighted by atomic mass is 16.2. The van der Waals surface area contributed by atoms with Crippen LogP contribution in [0.25, 0.3) is 0 Å². The molecular formula is C19H29N3O3. The Kier molecular flexibility index (Phi) is 4.46. The molecule has 1 saturated heterocycles. The Labute approximate surface area is 149 Å². The van der Waals surface area contributed by atoms with Crippen molar-refractivity contribution in [2.24, 2.45) is 23.7 Å². The van der Waals surface area contributed by atoms with Crippen LogP contribution in [-0.4, -0.2) is 47.8 Å². The fourth-order valence-electron chi connectivity index (χ4n) is 6.06. The van der Waals surface area contributed by atoms with Crippen molar-refractivity contribution in [3.05, 3.63) is 0 Å². The molecule has 2 N–H and O–H groups in total. The number of nitrogens with zero attached hydrogens (tertiary/aromatic N) is 1. The number of rotatable bonds is 4. The van der Waals surface area contributed by atoms with Gasteiger partial charge in [0.2, 0.25) is 17.7 Å². The Morgan fingerprint density at radius 1 is 1.00 bits per heavy atom. The molecule has 0 spiro atoms. The molecule has 5 fully saturated rings. The van der Waals surface area contributed by atoms with E-state index in [1.807, 2.05) is 0 Å². The summed E-state index contributed by atoms with van der Waals surface area (Å²) in [5, 5.41) is 5.88. The number of hydrogen-bond donors (Lipinski definition) is 2. The molecule has 4 bridgehead atoms. The number of carbonyl (C=O) groups excluding carboxylic acids is 3. The second kappa shape index (κ2) is 6.61. The number of amides is 3. The summed E-state index contributed by atoms with van der Waals surface area (Å²) in [7, 11) is 0. The van der Waals surface area contributed by atoms with E-state index in [2.05, 4.69) is 10.6 Å². The van der Waals surface area contributed by atoms with Crippen LogP contribution >= 0.6 is 0 Å². The van der Waals surface area contributed by atoms with Crippen molar-refractivity contribution in [2.75, 3.05) is 13.1 Å². The molecule has 5 rings (SSSR count). The van der Waals surface area contributed by atoms with Gasteiger partial charge in [0.05, 0.1) is 6.54 Å². The van der Waals surface area contributed by atoms with Gasteiger partial charge < -0.3 is 15.5 Å². The SMILES string of the molecule is CC(=O)NCC(=O)N1CCC[C@@H]1C(=O)NC1C2CC3CC(C2)CC1C3. The first kappa shape index (κ1) is 16.9. The Morgan fingerprint density at radius 3 is 2.24 bits per heavy atom. The topological polar surface area (TPSA) is 78.5 Å². The quantitative estimate of drug-likeness (QED) is 0.798. The van der Waals surface area contributed by atoms with Crippen LogP contribution in [0.4, 0.5) is 0 Å². The highest BCUT2D eigenvalue weighted by Crippen LogP contribution is 2.53. The summed E-state index contributed by atoms with van der Waals surface area (Å²) in [6.07, 6.45) is 8.07. The lowest BCUT2D eigenvalue weighted by Crippen LogP contribution is -2.59. The fourth-order valence-corrected chi connectivity index (χ4v) is 6.06. The molecular weight excluding hydrogens is 318 g/mol. The largest absolute Gasteiger partial charge is 0.351 e. The molecule has 0 aromatic carbocycles. The van der Waals surface area contributed by atoms with Gasteiger partial charge in [0.15, 0.2) is 0 Å². The average molecular weight is 347 g/mol. The van der Waals surface area contributed by atoms with Gasteiger partial charge in [0.25, 0.3) is 0 Å². The third-order valence-corrected chi connectivity index (χ3v) is 6.90. The summed E-state index contributed by atoms with van der Waals surface area (Å²) >= 11 is 0. The van der Waals surface area contributed by atoms with Crippen LogP contribution in [0.2, 0.25) is 0 Å². The highest BCUT2D eigenvalue weighted by Gasteiger charge is 2.49. The minimum absolute atomic E-state index is 0.0167. The summed E-state index contributed by atoms with van der Waals surface area (Å²) in [5.74, 6) is 2.71. The Bertz CT molecular complexity index is 548. The van der Waals surface area contributed by atoms with Gasteiger partial charge in [-0.3, -0.25) is 14.4 Å². The van der Waals surface area contributed by atoms with Gasteiger partial charge in [-0.25, -0.2) is 0 Å². The van der Waals surface area contributed by atoms with E-state index in [9.17, 15) is 14.4 Å². The molecule has 4 saturated carbocycles. The zero-order valence-electron chi connectivity index (χ0n) is 15.0. The molecule has 0 aromatic heterocycles. The maximum atomic E-state index is 12.9. The molecule has 0 aromatic rings. The Balaban J connectivity index is 1.37. The summed E-state index contributed by atoms with van der Waals surface area (Å²) in [4.78, 5) is 37.9. The second-order valence-electron chi connectivity index (χ2n) is 8.62. The van der Waals surface area contributed by atoms with Gasteiger partial charge in [0, 0.05) is 19.5 Å². The van der Waals surface area contributed by atoms with Gasteiger partial charge in [-0.15, -0.1) is 0 Å². The van der Waals surface area contributed by atoms with Crippen molar-refractivity contribution < 1.29 is 14.4 Å². The molecule has 6 heteroatoms. The third-order valence-electron chi connectivity index (χ3n) is 6.90. The molecule has 0 radical (unpaired) electrons. The van der Waals surface area contributed by atoms with Crippen LogP contribution in [0.1, 0.15) is 51.9 Å². The van der Waals surface area contributed by atoms with Crippen LogP contribution in [-0.2, 0) is 14.4 Å². The van der Waals surface area contributed by atoms with Gasteiger partial charge in [-0.1, -0.05) is 0 Å². The molecule has 25 heavy (non-hydrogen) atoms. The van der Waals surface area contributed by atoms with Crippen LogP contribution in [0.15, 0.2) is 0 Å². The molecule has 1 aliphatic heterocycles. The Hall–Kier alpha value is -1.59. The van der Waals surface area contributed by atoms with E-state index < -0.39 is 0 Å². The number of likely N-dealkylation sites (tertiary alicyclic amines) is 1. The maximum absolute atomic E-state index is 12.9. The minimum Gasteiger partial charge on any atom is -0.351 e. The molecule has 4 aliphatic carbocycles. The van der Waals surface area contributed by atoms with Gasteiger partial charge in [-0.05, 0) is 68.6 Å². The number of carbonyl (C=O) groups is 3. The van der Waals surface area contributed by atoms with Gasteiger partial charge >= 0.3 is 0 Å². The van der Waals surface area contributed by atoms with Crippen molar-refractivity contribution in [2.45, 2.75) is 64.0 Å². The number of nitrogens with one attached hydrogen (secondary N) is 2. The van der Waals surface area contributed by atoms with Crippen molar-refractivity contribution in [1.82, 2.24) is 15.5 Å². The average Bonchev–Trinajstić information content (AvgIpc) is 3.05. The normalized spacial score (nSPS) is 38.7. The van der Waals surface area contributed by atoms with Gasteiger partial charge in [-0.2, -0.15) is 0 Å².